The lowest BCUT2D eigenvalue weighted by atomic mass is 10.1. The number of carbonyl (C=O) groups is 1. The van der Waals surface area contributed by atoms with Crippen molar-refractivity contribution >= 4 is 21.7 Å². The van der Waals surface area contributed by atoms with Gasteiger partial charge in [-0.25, -0.2) is 13.4 Å². The van der Waals surface area contributed by atoms with Crippen molar-refractivity contribution < 1.29 is 13.2 Å². The Morgan fingerprint density at radius 2 is 1.93 bits per heavy atom. The predicted molar refractivity (Wildman–Crippen MR) is 109 cm³/mol. The van der Waals surface area contributed by atoms with Crippen LogP contribution in [0.2, 0.25) is 0 Å². The van der Waals surface area contributed by atoms with Crippen molar-refractivity contribution in [2.75, 3.05) is 38.5 Å². The number of aliphatic imine (C=N–C) groups is 1. The van der Waals surface area contributed by atoms with Crippen molar-refractivity contribution in [1.82, 2.24) is 15.5 Å². The number of hydrogen-bond acceptors (Lipinski definition) is 4. The summed E-state index contributed by atoms with van der Waals surface area (Å²) in [6, 6.07) is 9.97. The number of rotatable bonds is 6. The Labute approximate surface area is 162 Å². The molecule has 0 aliphatic carbocycles. The fourth-order valence-corrected chi connectivity index (χ4v) is 4.31. The van der Waals surface area contributed by atoms with Gasteiger partial charge in [0.2, 0.25) is 5.91 Å². The van der Waals surface area contributed by atoms with Gasteiger partial charge < -0.3 is 15.5 Å². The van der Waals surface area contributed by atoms with Gasteiger partial charge in [-0.1, -0.05) is 30.3 Å². The lowest BCUT2D eigenvalue weighted by molar-refractivity contribution is -0.119. The monoisotopic (exact) mass is 394 g/mol. The van der Waals surface area contributed by atoms with Gasteiger partial charge >= 0.3 is 0 Å². The largest absolute Gasteiger partial charge is 0.357 e. The summed E-state index contributed by atoms with van der Waals surface area (Å²) in [7, 11) is -3.12. The van der Waals surface area contributed by atoms with Gasteiger partial charge in [-0.2, -0.15) is 0 Å². The van der Waals surface area contributed by atoms with Crippen LogP contribution in [0.3, 0.4) is 0 Å². The molecule has 0 radical (unpaired) electrons. The van der Waals surface area contributed by atoms with Gasteiger partial charge in [0.05, 0.1) is 10.5 Å². The van der Waals surface area contributed by atoms with Crippen molar-refractivity contribution in [2.24, 2.45) is 4.99 Å². The molecule has 0 spiro atoms. The van der Waals surface area contributed by atoms with E-state index in [1.807, 2.05) is 42.2 Å². The average Bonchev–Trinajstić information content (AvgIpc) is 2.62. The first-order valence-corrected chi connectivity index (χ1v) is 11.0. The Morgan fingerprint density at radius 1 is 1.22 bits per heavy atom. The van der Waals surface area contributed by atoms with Crippen molar-refractivity contribution in [1.29, 1.82) is 0 Å². The molecule has 1 amide bonds. The zero-order valence-corrected chi connectivity index (χ0v) is 17.2. The number of benzene rings is 1. The highest BCUT2D eigenvalue weighted by Crippen LogP contribution is 2.23. The molecule has 27 heavy (non-hydrogen) atoms. The Balaban J connectivity index is 1.90. The molecule has 0 atom stereocenters. The second-order valence-electron chi connectivity index (χ2n) is 7.26. The molecular formula is C19H30N4O3S. The van der Waals surface area contributed by atoms with Crippen LogP contribution in [0.15, 0.2) is 35.3 Å². The molecular weight excluding hydrogens is 364 g/mol. The minimum Gasteiger partial charge on any atom is -0.357 e. The number of carbonyl (C=O) groups excluding carboxylic acids is 1. The van der Waals surface area contributed by atoms with Crippen LogP contribution in [0.1, 0.15) is 26.3 Å². The molecule has 1 heterocycles. The normalized spacial score (nSPS) is 18.8. The van der Waals surface area contributed by atoms with E-state index >= 15 is 0 Å². The molecule has 150 valence electrons. The zero-order valence-electron chi connectivity index (χ0n) is 16.4. The maximum Gasteiger partial charge on any atom is 0.241 e. The zero-order chi connectivity index (χ0) is 19.9. The minimum absolute atomic E-state index is 0.0147. The molecule has 1 aromatic rings. The average molecular weight is 395 g/mol. The van der Waals surface area contributed by atoms with E-state index in [2.05, 4.69) is 15.6 Å². The Kier molecular flexibility index (Phi) is 7.24. The highest BCUT2D eigenvalue weighted by Gasteiger charge is 2.40. The molecule has 0 unspecified atom stereocenters. The van der Waals surface area contributed by atoms with Crippen molar-refractivity contribution in [3.63, 3.8) is 0 Å². The lowest BCUT2D eigenvalue weighted by Crippen LogP contribution is -2.57. The van der Waals surface area contributed by atoms with E-state index in [1.54, 1.807) is 13.8 Å². The van der Waals surface area contributed by atoms with E-state index in [0.29, 0.717) is 32.1 Å². The fraction of sp³-hybridized carbons (Fsp3) is 0.579. The van der Waals surface area contributed by atoms with Gasteiger partial charge in [0.25, 0.3) is 0 Å². The van der Waals surface area contributed by atoms with E-state index < -0.39 is 14.6 Å². The maximum atomic E-state index is 12.2. The topological polar surface area (TPSA) is 90.9 Å². The molecule has 0 saturated carbocycles. The lowest BCUT2D eigenvalue weighted by Gasteiger charge is -2.39. The first-order chi connectivity index (χ1) is 12.7. The molecule has 1 aliphatic rings. The van der Waals surface area contributed by atoms with Gasteiger partial charge in [0, 0.05) is 26.2 Å². The van der Waals surface area contributed by atoms with E-state index in [4.69, 9.17) is 0 Å². The van der Waals surface area contributed by atoms with E-state index in [0.717, 1.165) is 6.42 Å². The number of guanidine groups is 1. The summed E-state index contributed by atoms with van der Waals surface area (Å²) in [4.78, 5) is 18.4. The molecule has 1 aliphatic heterocycles. The van der Waals surface area contributed by atoms with Gasteiger partial charge in [0.15, 0.2) is 15.8 Å². The third-order valence-corrected chi connectivity index (χ3v) is 7.16. The molecule has 0 aromatic heterocycles. The Bertz CT molecular complexity index is 760. The van der Waals surface area contributed by atoms with Crippen LogP contribution in [0.25, 0.3) is 0 Å². The fourth-order valence-electron chi connectivity index (χ4n) is 2.94. The third kappa shape index (κ3) is 5.95. The van der Waals surface area contributed by atoms with Crippen molar-refractivity contribution in [3.05, 3.63) is 35.9 Å². The molecule has 2 N–H and O–H groups in total. The van der Waals surface area contributed by atoms with Crippen LogP contribution >= 0.6 is 0 Å². The second kappa shape index (κ2) is 9.21. The van der Waals surface area contributed by atoms with Gasteiger partial charge in [0.1, 0.15) is 6.54 Å². The van der Waals surface area contributed by atoms with Gasteiger partial charge in [-0.3, -0.25) is 4.79 Å². The minimum atomic E-state index is -3.12. The van der Waals surface area contributed by atoms with Crippen molar-refractivity contribution in [3.8, 4) is 0 Å². The molecule has 2 rings (SSSR count). The highest BCUT2D eigenvalue weighted by atomic mass is 32.2. The predicted octanol–water partition coefficient (Wildman–Crippen LogP) is 0.820. The van der Waals surface area contributed by atoms with E-state index in [9.17, 15) is 13.2 Å². The number of amides is 1. The number of sulfone groups is 1. The molecule has 1 fully saturated rings. The standard InChI is InChI=1S/C19H30N4O3S/c1-4-20-18(23-12-13-27(25,26)19(2,3)15-23)22-14-17(24)21-11-10-16-8-6-5-7-9-16/h5-9H,4,10-15H2,1-3H3,(H,20,22)(H,21,24). The van der Waals surface area contributed by atoms with Crippen LogP contribution in [-0.2, 0) is 21.1 Å². The number of nitrogens with one attached hydrogen (secondary N) is 2. The molecule has 0 bridgehead atoms. The summed E-state index contributed by atoms with van der Waals surface area (Å²) in [6.07, 6.45) is 0.772. The first kappa shape index (κ1) is 21.2. The number of nitrogens with zero attached hydrogens (tertiary/aromatic N) is 2. The summed E-state index contributed by atoms with van der Waals surface area (Å²) in [6.45, 7) is 7.37. The quantitative estimate of drug-likeness (QED) is 0.551. The molecule has 8 heteroatoms. The molecule has 1 aromatic carbocycles. The van der Waals surface area contributed by atoms with E-state index in [1.165, 1.54) is 5.56 Å². The van der Waals surface area contributed by atoms with Gasteiger partial charge in [-0.05, 0) is 32.8 Å². The highest BCUT2D eigenvalue weighted by molar-refractivity contribution is 7.92. The van der Waals surface area contributed by atoms with E-state index in [-0.39, 0.29) is 18.2 Å². The Hall–Kier alpha value is -2.09. The maximum absolute atomic E-state index is 12.2. The van der Waals surface area contributed by atoms with Crippen LogP contribution < -0.4 is 10.6 Å². The third-order valence-electron chi connectivity index (χ3n) is 4.63. The Morgan fingerprint density at radius 3 is 2.56 bits per heavy atom. The molecule has 1 saturated heterocycles. The van der Waals surface area contributed by atoms with Crippen LogP contribution in [0, 0.1) is 0 Å². The summed E-state index contributed by atoms with van der Waals surface area (Å²) in [5.41, 5.74) is 1.17. The SMILES string of the molecule is CCNC(=NCC(=O)NCCc1ccccc1)N1CCS(=O)(=O)C(C)(C)C1. The summed E-state index contributed by atoms with van der Waals surface area (Å²) >= 11 is 0. The molecule has 7 nitrogen and oxygen atoms in total. The second-order valence-corrected chi connectivity index (χ2v) is 10.00. The summed E-state index contributed by atoms with van der Waals surface area (Å²) in [5.74, 6) is 0.525. The number of hydrogen-bond donors (Lipinski definition) is 2. The smallest absolute Gasteiger partial charge is 0.241 e. The van der Waals surface area contributed by atoms with Crippen molar-refractivity contribution in [2.45, 2.75) is 31.9 Å². The summed E-state index contributed by atoms with van der Waals surface area (Å²) in [5, 5.41) is 6.03. The summed E-state index contributed by atoms with van der Waals surface area (Å²) < 4.78 is 23.5. The first-order valence-electron chi connectivity index (χ1n) is 9.31. The van der Waals surface area contributed by atoms with Gasteiger partial charge in [-0.15, -0.1) is 0 Å². The van der Waals surface area contributed by atoms with Crippen LogP contribution in [0.4, 0.5) is 0 Å². The van der Waals surface area contributed by atoms with Crippen LogP contribution in [0.5, 0.6) is 0 Å². The van der Waals surface area contributed by atoms with Crippen LogP contribution in [-0.4, -0.2) is 68.4 Å².